The number of rotatable bonds is 4. The number of carboxylic acid groups (broad SMARTS) is 1. The predicted molar refractivity (Wildman–Crippen MR) is 76.1 cm³/mol. The summed E-state index contributed by atoms with van der Waals surface area (Å²) in [5.74, 6) is 0.532. The second kappa shape index (κ2) is 5.36. The lowest BCUT2D eigenvalue weighted by atomic mass is 10.0. The summed E-state index contributed by atoms with van der Waals surface area (Å²) in [4.78, 5) is 18.4. The fourth-order valence-electron chi connectivity index (χ4n) is 2.44. The van der Waals surface area contributed by atoms with Crippen LogP contribution in [0.1, 0.15) is 22.6 Å². The van der Waals surface area contributed by atoms with Crippen molar-refractivity contribution in [2.45, 2.75) is 27.2 Å². The third-order valence-electron chi connectivity index (χ3n) is 3.10. The van der Waals surface area contributed by atoms with E-state index in [4.69, 9.17) is 9.84 Å². The summed E-state index contributed by atoms with van der Waals surface area (Å²) in [5.41, 5.74) is 4.15. The van der Waals surface area contributed by atoms with Crippen LogP contribution >= 0.6 is 0 Å². The maximum absolute atomic E-state index is 11.0. The molecule has 0 aliphatic rings. The van der Waals surface area contributed by atoms with Gasteiger partial charge in [0.15, 0.2) is 0 Å². The highest BCUT2D eigenvalue weighted by Gasteiger charge is 2.18. The zero-order chi connectivity index (χ0) is 14.9. The van der Waals surface area contributed by atoms with E-state index in [-0.39, 0.29) is 6.42 Å². The number of carboxylic acids is 1. The fourth-order valence-corrected chi connectivity index (χ4v) is 2.44. The average molecular weight is 274 g/mol. The largest absolute Gasteiger partial charge is 0.496 e. The van der Waals surface area contributed by atoms with Crippen LogP contribution in [0.4, 0.5) is 0 Å². The summed E-state index contributed by atoms with van der Waals surface area (Å²) in [6.45, 7) is 5.77. The first-order valence-corrected chi connectivity index (χ1v) is 6.35. The van der Waals surface area contributed by atoms with E-state index in [1.807, 2.05) is 32.9 Å². The lowest BCUT2D eigenvalue weighted by molar-refractivity contribution is -0.136. The normalized spacial score (nSPS) is 10.6. The van der Waals surface area contributed by atoms with Gasteiger partial charge in [0, 0.05) is 5.56 Å². The molecule has 0 radical (unpaired) electrons. The van der Waals surface area contributed by atoms with E-state index in [1.165, 1.54) is 0 Å². The first-order valence-electron chi connectivity index (χ1n) is 6.35. The standard InChI is InChI=1S/C15H18N2O3/c1-8-5-9(2)15(20-4)11(6-8)14-12(7-13(18)19)16-10(3)17-14/h5-6H,7H2,1-4H3,(H,16,17)(H,18,19). The second-order valence-electron chi connectivity index (χ2n) is 4.88. The van der Waals surface area contributed by atoms with Crippen LogP contribution in [0.15, 0.2) is 12.1 Å². The SMILES string of the molecule is COc1c(C)cc(C)cc1-c1nc(C)[nH]c1CC(=O)O. The lowest BCUT2D eigenvalue weighted by Gasteiger charge is -2.12. The van der Waals surface area contributed by atoms with Crippen molar-refractivity contribution in [3.63, 3.8) is 0 Å². The van der Waals surface area contributed by atoms with Gasteiger partial charge in [0.25, 0.3) is 0 Å². The van der Waals surface area contributed by atoms with Crippen LogP contribution in [0, 0.1) is 20.8 Å². The number of nitrogens with one attached hydrogen (secondary N) is 1. The molecule has 1 aromatic heterocycles. The Kier molecular flexibility index (Phi) is 3.79. The van der Waals surface area contributed by atoms with E-state index in [1.54, 1.807) is 7.11 Å². The number of benzene rings is 1. The Balaban J connectivity index is 2.64. The fraction of sp³-hybridized carbons (Fsp3) is 0.333. The number of aromatic nitrogens is 2. The quantitative estimate of drug-likeness (QED) is 0.898. The van der Waals surface area contributed by atoms with E-state index in [0.29, 0.717) is 17.2 Å². The molecule has 0 unspecified atom stereocenters. The number of imidazole rings is 1. The number of hydrogen-bond acceptors (Lipinski definition) is 3. The van der Waals surface area contributed by atoms with Crippen molar-refractivity contribution in [2.24, 2.45) is 0 Å². The summed E-state index contributed by atoms with van der Waals surface area (Å²) in [6, 6.07) is 3.99. The van der Waals surface area contributed by atoms with E-state index in [9.17, 15) is 4.79 Å². The van der Waals surface area contributed by atoms with Gasteiger partial charge in [0.05, 0.1) is 24.9 Å². The molecule has 2 N–H and O–H groups in total. The van der Waals surface area contributed by atoms with Crippen LogP contribution in [0.2, 0.25) is 0 Å². The molecule has 0 atom stereocenters. The van der Waals surface area contributed by atoms with Crippen molar-refractivity contribution in [2.75, 3.05) is 7.11 Å². The number of H-pyrrole nitrogens is 1. The smallest absolute Gasteiger partial charge is 0.309 e. The molecule has 106 valence electrons. The summed E-state index contributed by atoms with van der Waals surface area (Å²) in [7, 11) is 1.61. The minimum atomic E-state index is -0.891. The molecule has 0 spiro atoms. The van der Waals surface area contributed by atoms with Gasteiger partial charge in [-0.3, -0.25) is 4.79 Å². The molecule has 0 amide bonds. The Hall–Kier alpha value is -2.30. The molecule has 0 saturated heterocycles. The topological polar surface area (TPSA) is 75.2 Å². The zero-order valence-corrected chi connectivity index (χ0v) is 12.1. The Bertz CT molecular complexity index is 659. The summed E-state index contributed by atoms with van der Waals surface area (Å²) in [6.07, 6.45) is -0.0910. The maximum Gasteiger partial charge on any atom is 0.309 e. The minimum absolute atomic E-state index is 0.0910. The first-order chi connectivity index (χ1) is 9.42. The molecular formula is C15H18N2O3. The molecule has 0 fully saturated rings. The third-order valence-corrected chi connectivity index (χ3v) is 3.10. The van der Waals surface area contributed by atoms with Crippen LogP contribution < -0.4 is 4.74 Å². The Morgan fingerprint density at radius 2 is 2.05 bits per heavy atom. The number of hydrogen-bond donors (Lipinski definition) is 2. The van der Waals surface area contributed by atoms with E-state index in [0.717, 1.165) is 22.4 Å². The number of nitrogens with zero attached hydrogens (tertiary/aromatic N) is 1. The molecule has 5 nitrogen and oxygen atoms in total. The first kappa shape index (κ1) is 14.1. The number of ether oxygens (including phenoxy) is 1. The molecule has 1 aromatic carbocycles. The van der Waals surface area contributed by atoms with Crippen molar-refractivity contribution >= 4 is 5.97 Å². The summed E-state index contributed by atoms with van der Waals surface area (Å²) < 4.78 is 5.45. The maximum atomic E-state index is 11.0. The van der Waals surface area contributed by atoms with Crippen LogP contribution in [0.3, 0.4) is 0 Å². The molecule has 5 heteroatoms. The van der Waals surface area contributed by atoms with Crippen molar-refractivity contribution in [1.82, 2.24) is 9.97 Å². The number of aromatic amines is 1. The van der Waals surface area contributed by atoms with Gasteiger partial charge >= 0.3 is 5.97 Å². The van der Waals surface area contributed by atoms with Crippen molar-refractivity contribution in [3.05, 3.63) is 34.8 Å². The molecule has 2 aromatic rings. The summed E-state index contributed by atoms with van der Waals surface area (Å²) in [5, 5.41) is 9.00. The number of aryl methyl sites for hydroxylation is 3. The highest BCUT2D eigenvalue weighted by Crippen LogP contribution is 2.35. The minimum Gasteiger partial charge on any atom is -0.496 e. The van der Waals surface area contributed by atoms with Crippen LogP contribution in [-0.4, -0.2) is 28.2 Å². The number of aliphatic carboxylic acids is 1. The van der Waals surface area contributed by atoms with Gasteiger partial charge in [-0.15, -0.1) is 0 Å². The van der Waals surface area contributed by atoms with Crippen LogP contribution in [-0.2, 0) is 11.2 Å². The van der Waals surface area contributed by atoms with Gasteiger partial charge in [0.2, 0.25) is 0 Å². The second-order valence-corrected chi connectivity index (χ2v) is 4.88. The molecule has 20 heavy (non-hydrogen) atoms. The Morgan fingerprint density at radius 1 is 1.35 bits per heavy atom. The highest BCUT2D eigenvalue weighted by molar-refractivity contribution is 5.77. The van der Waals surface area contributed by atoms with Crippen molar-refractivity contribution in [1.29, 1.82) is 0 Å². The van der Waals surface area contributed by atoms with Gasteiger partial charge in [-0.2, -0.15) is 0 Å². The predicted octanol–water partition coefficient (Wildman–Crippen LogP) is 2.64. The van der Waals surface area contributed by atoms with Gasteiger partial charge in [-0.1, -0.05) is 6.07 Å². The number of methoxy groups -OCH3 is 1. The molecule has 1 heterocycles. The van der Waals surface area contributed by atoms with Crippen molar-refractivity contribution < 1.29 is 14.6 Å². The van der Waals surface area contributed by atoms with E-state index < -0.39 is 5.97 Å². The molecule has 0 bridgehead atoms. The zero-order valence-electron chi connectivity index (χ0n) is 12.1. The highest BCUT2D eigenvalue weighted by atomic mass is 16.5. The van der Waals surface area contributed by atoms with Gasteiger partial charge in [0.1, 0.15) is 11.6 Å². The van der Waals surface area contributed by atoms with Gasteiger partial charge < -0.3 is 14.8 Å². The lowest BCUT2D eigenvalue weighted by Crippen LogP contribution is -2.03. The number of carbonyl (C=O) groups is 1. The molecule has 0 aliphatic carbocycles. The van der Waals surface area contributed by atoms with Crippen molar-refractivity contribution in [3.8, 4) is 17.0 Å². The van der Waals surface area contributed by atoms with E-state index in [2.05, 4.69) is 9.97 Å². The molecule has 0 aliphatic heterocycles. The Morgan fingerprint density at radius 3 is 2.65 bits per heavy atom. The van der Waals surface area contributed by atoms with Crippen LogP contribution in [0.25, 0.3) is 11.3 Å². The monoisotopic (exact) mass is 274 g/mol. The molecular weight excluding hydrogens is 256 g/mol. The van der Waals surface area contributed by atoms with Crippen LogP contribution in [0.5, 0.6) is 5.75 Å². The third kappa shape index (κ3) is 2.66. The average Bonchev–Trinajstić information content (AvgIpc) is 2.68. The molecule has 2 rings (SSSR count). The molecule has 0 saturated carbocycles. The van der Waals surface area contributed by atoms with E-state index >= 15 is 0 Å². The van der Waals surface area contributed by atoms with Gasteiger partial charge in [-0.05, 0) is 38.0 Å². The summed E-state index contributed by atoms with van der Waals surface area (Å²) >= 11 is 0. The van der Waals surface area contributed by atoms with Gasteiger partial charge in [-0.25, -0.2) is 4.98 Å². The Labute approximate surface area is 117 Å².